The number of hydrogen-bond donors (Lipinski definition) is 1. The Bertz CT molecular complexity index is 380. The molecule has 0 spiro atoms. The maximum atomic E-state index is 5.87. The molecule has 0 aliphatic heterocycles. The predicted octanol–water partition coefficient (Wildman–Crippen LogP) is 3.11. The normalized spacial score (nSPS) is 23.3. The zero-order chi connectivity index (χ0) is 13.1. The highest BCUT2D eigenvalue weighted by Crippen LogP contribution is 2.32. The Morgan fingerprint density at radius 3 is 2.33 bits per heavy atom. The molecule has 0 bridgehead atoms. The van der Waals surface area contributed by atoms with Crippen LogP contribution >= 0.6 is 0 Å². The summed E-state index contributed by atoms with van der Waals surface area (Å²) in [5, 5.41) is 0. The lowest BCUT2D eigenvalue weighted by Gasteiger charge is -2.27. The van der Waals surface area contributed by atoms with Gasteiger partial charge in [0, 0.05) is 19.3 Å². The van der Waals surface area contributed by atoms with Crippen molar-refractivity contribution in [2.45, 2.75) is 33.1 Å². The summed E-state index contributed by atoms with van der Waals surface area (Å²) >= 11 is 0. The van der Waals surface area contributed by atoms with E-state index in [0.29, 0.717) is 0 Å². The summed E-state index contributed by atoms with van der Waals surface area (Å²) in [6.45, 7) is 6.33. The molecule has 2 nitrogen and oxygen atoms in total. The van der Waals surface area contributed by atoms with E-state index in [9.17, 15) is 0 Å². The number of hydrogen-bond acceptors (Lipinski definition) is 2. The van der Waals surface area contributed by atoms with E-state index in [2.05, 4.69) is 44.0 Å². The van der Waals surface area contributed by atoms with Crippen LogP contribution in [-0.4, -0.2) is 20.1 Å². The standard InChI is InChI=1S/C16H26N2/c1-12-7-13(2)9-16(8-12)18(3)11-15-6-4-5-14(15)10-17/h7-9,14-15H,4-6,10-11,17H2,1-3H3. The first kappa shape index (κ1) is 13.4. The molecule has 100 valence electrons. The van der Waals surface area contributed by atoms with Crippen molar-refractivity contribution in [2.24, 2.45) is 17.6 Å². The van der Waals surface area contributed by atoms with Crippen molar-refractivity contribution >= 4 is 5.69 Å². The van der Waals surface area contributed by atoms with E-state index in [4.69, 9.17) is 5.73 Å². The molecule has 2 atom stereocenters. The SMILES string of the molecule is Cc1cc(C)cc(N(C)CC2CCCC2CN)c1. The first-order valence-electron chi connectivity index (χ1n) is 7.09. The molecule has 1 aliphatic carbocycles. The molecule has 0 heterocycles. The summed E-state index contributed by atoms with van der Waals surface area (Å²) in [4.78, 5) is 2.40. The van der Waals surface area contributed by atoms with Crippen LogP contribution in [0.2, 0.25) is 0 Å². The summed E-state index contributed by atoms with van der Waals surface area (Å²) in [5.74, 6) is 1.51. The van der Waals surface area contributed by atoms with Gasteiger partial charge in [-0.3, -0.25) is 0 Å². The highest BCUT2D eigenvalue weighted by Gasteiger charge is 2.27. The van der Waals surface area contributed by atoms with E-state index in [0.717, 1.165) is 24.9 Å². The van der Waals surface area contributed by atoms with Gasteiger partial charge in [0.25, 0.3) is 0 Å². The van der Waals surface area contributed by atoms with Crippen molar-refractivity contribution in [3.8, 4) is 0 Å². The Morgan fingerprint density at radius 1 is 1.11 bits per heavy atom. The summed E-state index contributed by atoms with van der Waals surface area (Å²) in [7, 11) is 2.21. The minimum absolute atomic E-state index is 0.735. The summed E-state index contributed by atoms with van der Waals surface area (Å²) in [5.41, 5.74) is 9.90. The Labute approximate surface area is 111 Å². The van der Waals surface area contributed by atoms with Crippen LogP contribution in [0.5, 0.6) is 0 Å². The van der Waals surface area contributed by atoms with Crippen LogP contribution in [0, 0.1) is 25.7 Å². The lowest BCUT2D eigenvalue weighted by atomic mass is 9.95. The molecule has 18 heavy (non-hydrogen) atoms. The van der Waals surface area contributed by atoms with Crippen molar-refractivity contribution in [1.82, 2.24) is 0 Å². The Morgan fingerprint density at radius 2 is 1.72 bits per heavy atom. The maximum Gasteiger partial charge on any atom is 0.0369 e. The van der Waals surface area contributed by atoms with Crippen molar-refractivity contribution in [3.63, 3.8) is 0 Å². The first-order chi connectivity index (χ1) is 8.60. The molecule has 1 aromatic rings. The van der Waals surface area contributed by atoms with Crippen LogP contribution in [0.15, 0.2) is 18.2 Å². The van der Waals surface area contributed by atoms with Crippen molar-refractivity contribution in [3.05, 3.63) is 29.3 Å². The van der Waals surface area contributed by atoms with Gasteiger partial charge in [-0.05, 0) is 68.3 Å². The van der Waals surface area contributed by atoms with Crippen LogP contribution in [0.3, 0.4) is 0 Å². The van der Waals surface area contributed by atoms with Crippen LogP contribution < -0.4 is 10.6 Å². The van der Waals surface area contributed by atoms with Gasteiger partial charge in [-0.25, -0.2) is 0 Å². The molecule has 0 amide bonds. The lowest BCUT2D eigenvalue weighted by Crippen LogP contribution is -2.30. The van der Waals surface area contributed by atoms with Gasteiger partial charge in [0.2, 0.25) is 0 Å². The third-order valence-corrected chi connectivity index (χ3v) is 4.27. The first-order valence-corrected chi connectivity index (χ1v) is 7.09. The molecular formula is C16H26N2. The zero-order valence-electron chi connectivity index (χ0n) is 11.9. The summed E-state index contributed by atoms with van der Waals surface area (Å²) < 4.78 is 0. The third kappa shape index (κ3) is 3.05. The fraction of sp³-hybridized carbons (Fsp3) is 0.625. The van der Waals surface area contributed by atoms with Gasteiger partial charge in [0.15, 0.2) is 0 Å². The molecule has 2 unspecified atom stereocenters. The summed E-state index contributed by atoms with van der Waals surface area (Å²) in [6, 6.07) is 6.79. The van der Waals surface area contributed by atoms with Gasteiger partial charge in [-0.1, -0.05) is 12.5 Å². The van der Waals surface area contributed by atoms with E-state index in [1.54, 1.807) is 0 Å². The van der Waals surface area contributed by atoms with Crippen molar-refractivity contribution in [1.29, 1.82) is 0 Å². The van der Waals surface area contributed by atoms with E-state index < -0.39 is 0 Å². The Kier molecular flexibility index (Phi) is 4.28. The lowest BCUT2D eigenvalue weighted by molar-refractivity contribution is 0.400. The van der Waals surface area contributed by atoms with E-state index in [1.165, 1.54) is 36.1 Å². The van der Waals surface area contributed by atoms with Gasteiger partial charge in [-0.2, -0.15) is 0 Å². The maximum absolute atomic E-state index is 5.87. The molecule has 2 N–H and O–H groups in total. The molecule has 1 aromatic carbocycles. The van der Waals surface area contributed by atoms with Crippen LogP contribution in [0.25, 0.3) is 0 Å². The monoisotopic (exact) mass is 246 g/mol. The molecule has 1 saturated carbocycles. The molecule has 1 fully saturated rings. The minimum atomic E-state index is 0.735. The zero-order valence-corrected chi connectivity index (χ0v) is 11.9. The fourth-order valence-corrected chi connectivity index (χ4v) is 3.29. The number of aryl methyl sites for hydroxylation is 2. The van der Waals surface area contributed by atoms with E-state index >= 15 is 0 Å². The minimum Gasteiger partial charge on any atom is -0.374 e. The number of anilines is 1. The highest BCUT2D eigenvalue weighted by atomic mass is 15.1. The molecule has 0 aromatic heterocycles. The third-order valence-electron chi connectivity index (χ3n) is 4.27. The van der Waals surface area contributed by atoms with Gasteiger partial charge in [0.05, 0.1) is 0 Å². The Hall–Kier alpha value is -1.02. The van der Waals surface area contributed by atoms with Crippen LogP contribution in [0.4, 0.5) is 5.69 Å². The van der Waals surface area contributed by atoms with Crippen LogP contribution in [-0.2, 0) is 0 Å². The topological polar surface area (TPSA) is 29.3 Å². The van der Waals surface area contributed by atoms with Gasteiger partial charge < -0.3 is 10.6 Å². The molecule has 1 aliphatic rings. The Balaban J connectivity index is 2.04. The number of nitrogens with two attached hydrogens (primary N) is 1. The highest BCUT2D eigenvalue weighted by molar-refractivity contribution is 5.50. The number of rotatable bonds is 4. The largest absolute Gasteiger partial charge is 0.374 e. The molecule has 0 saturated heterocycles. The second-order valence-corrected chi connectivity index (χ2v) is 5.91. The molecule has 2 heteroatoms. The molecular weight excluding hydrogens is 220 g/mol. The quantitative estimate of drug-likeness (QED) is 0.884. The van der Waals surface area contributed by atoms with Gasteiger partial charge in [0.1, 0.15) is 0 Å². The number of nitrogens with zero attached hydrogens (tertiary/aromatic N) is 1. The van der Waals surface area contributed by atoms with Crippen molar-refractivity contribution in [2.75, 3.05) is 25.0 Å². The van der Waals surface area contributed by atoms with E-state index in [1.807, 2.05) is 0 Å². The number of benzene rings is 1. The summed E-state index contributed by atoms with van der Waals surface area (Å²) in [6.07, 6.45) is 4.02. The molecule has 0 radical (unpaired) electrons. The average Bonchev–Trinajstić information content (AvgIpc) is 2.75. The van der Waals surface area contributed by atoms with Gasteiger partial charge in [-0.15, -0.1) is 0 Å². The second-order valence-electron chi connectivity index (χ2n) is 5.91. The average molecular weight is 246 g/mol. The predicted molar refractivity (Wildman–Crippen MR) is 79.1 cm³/mol. The van der Waals surface area contributed by atoms with Crippen LogP contribution in [0.1, 0.15) is 30.4 Å². The molecule has 2 rings (SSSR count). The van der Waals surface area contributed by atoms with Gasteiger partial charge >= 0.3 is 0 Å². The van der Waals surface area contributed by atoms with E-state index in [-0.39, 0.29) is 0 Å². The fourth-order valence-electron chi connectivity index (χ4n) is 3.29. The second kappa shape index (κ2) is 5.75. The van der Waals surface area contributed by atoms with Crippen molar-refractivity contribution < 1.29 is 0 Å². The smallest absolute Gasteiger partial charge is 0.0369 e.